The third-order valence-electron chi connectivity index (χ3n) is 7.63. The first-order valence-corrected chi connectivity index (χ1v) is 13.0. The van der Waals surface area contributed by atoms with Gasteiger partial charge in [-0.05, 0) is 69.4 Å². The zero-order chi connectivity index (χ0) is 25.9. The molecule has 1 aromatic heterocycles. The summed E-state index contributed by atoms with van der Waals surface area (Å²) in [5, 5.41) is 6.24. The van der Waals surface area contributed by atoms with E-state index in [0.29, 0.717) is 29.8 Å². The van der Waals surface area contributed by atoms with Gasteiger partial charge in [0, 0.05) is 44.8 Å². The molecule has 7 nitrogen and oxygen atoms in total. The van der Waals surface area contributed by atoms with Gasteiger partial charge in [-0.25, -0.2) is 4.98 Å². The SMILES string of the molecule is COc1cccc(C(=O)NC2CC3CCC(C2)N3c2ccc(C(=O)NCc3cccc(C)c3)cn2)c1C.[HH].[HH]. The summed E-state index contributed by atoms with van der Waals surface area (Å²) in [7, 11) is 1.62. The van der Waals surface area contributed by atoms with Crippen molar-refractivity contribution in [1.29, 1.82) is 0 Å². The van der Waals surface area contributed by atoms with E-state index in [2.05, 4.69) is 26.6 Å². The van der Waals surface area contributed by atoms with Gasteiger partial charge in [-0.3, -0.25) is 9.59 Å². The lowest BCUT2D eigenvalue weighted by Crippen LogP contribution is -2.50. The standard InChI is InChI=1S/C30H34N4O3.2H2/c1-19-6-4-7-21(14-19)17-32-29(35)22-10-13-28(31-18-22)34-24-11-12-25(34)16-23(15-24)33-30(36)26-8-5-9-27(37-3)20(26)2;;/h4-10,13-14,18,23-25H,11-12,15-17H2,1-3H3,(H,32,35)(H,33,36);2*1H. The van der Waals surface area contributed by atoms with Crippen molar-refractivity contribution in [3.63, 3.8) is 0 Å². The van der Waals surface area contributed by atoms with Crippen LogP contribution in [0.25, 0.3) is 0 Å². The van der Waals surface area contributed by atoms with Crippen molar-refractivity contribution in [1.82, 2.24) is 15.6 Å². The number of rotatable bonds is 7. The van der Waals surface area contributed by atoms with Gasteiger partial charge in [0.25, 0.3) is 11.8 Å². The van der Waals surface area contributed by atoms with E-state index in [-0.39, 0.29) is 20.7 Å². The number of amides is 2. The molecule has 5 rings (SSSR count). The van der Waals surface area contributed by atoms with Crippen molar-refractivity contribution >= 4 is 17.6 Å². The number of ether oxygens (including phenoxy) is 1. The molecule has 0 radical (unpaired) electrons. The van der Waals surface area contributed by atoms with Crippen LogP contribution in [0.2, 0.25) is 0 Å². The molecule has 2 bridgehead atoms. The fraction of sp³-hybridized carbons (Fsp3) is 0.367. The number of fused-ring (bicyclic) bond motifs is 2. The number of hydrogen-bond donors (Lipinski definition) is 2. The van der Waals surface area contributed by atoms with Gasteiger partial charge in [-0.15, -0.1) is 0 Å². The van der Waals surface area contributed by atoms with Gasteiger partial charge in [0.1, 0.15) is 11.6 Å². The molecule has 2 aliphatic rings. The summed E-state index contributed by atoms with van der Waals surface area (Å²) in [6.45, 7) is 4.44. The first-order chi connectivity index (χ1) is 17.9. The fourth-order valence-corrected chi connectivity index (χ4v) is 5.79. The van der Waals surface area contributed by atoms with Crippen LogP contribution in [0.3, 0.4) is 0 Å². The molecular formula is C30H38N4O3. The largest absolute Gasteiger partial charge is 0.496 e. The number of pyridine rings is 1. The third-order valence-corrected chi connectivity index (χ3v) is 7.63. The van der Waals surface area contributed by atoms with Crippen molar-refractivity contribution in [3.8, 4) is 5.75 Å². The molecule has 2 amide bonds. The monoisotopic (exact) mass is 502 g/mol. The number of piperidine rings is 1. The average Bonchev–Trinajstić information content (AvgIpc) is 3.17. The number of aromatic nitrogens is 1. The maximum absolute atomic E-state index is 13.0. The Morgan fingerprint density at radius 3 is 2.46 bits per heavy atom. The van der Waals surface area contributed by atoms with E-state index in [4.69, 9.17) is 4.74 Å². The summed E-state index contributed by atoms with van der Waals surface area (Å²) in [5.74, 6) is 1.45. The number of hydrogen-bond acceptors (Lipinski definition) is 5. The second-order valence-electron chi connectivity index (χ2n) is 10.1. The quantitative estimate of drug-likeness (QED) is 0.472. The Morgan fingerprint density at radius 2 is 1.78 bits per heavy atom. The van der Waals surface area contributed by atoms with Crippen LogP contribution in [0.4, 0.5) is 5.82 Å². The first kappa shape index (κ1) is 24.8. The number of carbonyl (C=O) groups is 2. The molecule has 2 aliphatic heterocycles. The van der Waals surface area contributed by atoms with E-state index in [1.807, 2.05) is 62.4 Å². The van der Waals surface area contributed by atoms with Crippen LogP contribution >= 0.6 is 0 Å². The van der Waals surface area contributed by atoms with Crippen LogP contribution in [-0.2, 0) is 6.54 Å². The Labute approximate surface area is 221 Å². The number of anilines is 1. The molecule has 7 heteroatoms. The lowest BCUT2D eigenvalue weighted by Gasteiger charge is -2.40. The Hall–Kier alpha value is -3.87. The van der Waals surface area contributed by atoms with Crippen molar-refractivity contribution in [2.75, 3.05) is 12.0 Å². The van der Waals surface area contributed by atoms with Gasteiger partial charge in [0.05, 0.1) is 12.7 Å². The topological polar surface area (TPSA) is 83.6 Å². The Bertz CT molecular complexity index is 1290. The number of nitrogens with zero attached hydrogens (tertiary/aromatic N) is 2. The second-order valence-corrected chi connectivity index (χ2v) is 10.1. The minimum Gasteiger partial charge on any atom is -0.496 e. The summed E-state index contributed by atoms with van der Waals surface area (Å²) < 4.78 is 5.38. The van der Waals surface area contributed by atoms with E-state index >= 15 is 0 Å². The van der Waals surface area contributed by atoms with Gasteiger partial charge in [-0.1, -0.05) is 35.9 Å². The summed E-state index contributed by atoms with van der Waals surface area (Å²) in [4.78, 5) is 32.7. The van der Waals surface area contributed by atoms with E-state index in [1.54, 1.807) is 13.3 Å². The maximum atomic E-state index is 13.0. The van der Waals surface area contributed by atoms with E-state index in [1.165, 1.54) is 5.56 Å². The number of carbonyl (C=O) groups excluding carboxylic acids is 2. The summed E-state index contributed by atoms with van der Waals surface area (Å²) in [6.07, 6.45) is 5.59. The third kappa shape index (κ3) is 5.31. The molecule has 2 fully saturated rings. The van der Waals surface area contributed by atoms with Crippen LogP contribution in [-0.4, -0.2) is 42.0 Å². The van der Waals surface area contributed by atoms with Crippen LogP contribution in [0.15, 0.2) is 60.8 Å². The lowest BCUT2D eigenvalue weighted by atomic mass is 9.96. The predicted molar refractivity (Wildman–Crippen MR) is 148 cm³/mol. The smallest absolute Gasteiger partial charge is 0.253 e. The second kappa shape index (κ2) is 10.6. The van der Waals surface area contributed by atoms with Crippen LogP contribution < -0.4 is 20.3 Å². The number of benzene rings is 2. The van der Waals surface area contributed by atoms with Crippen LogP contribution in [0.1, 0.15) is 65.9 Å². The lowest BCUT2D eigenvalue weighted by molar-refractivity contribution is 0.0923. The van der Waals surface area contributed by atoms with E-state index in [0.717, 1.165) is 48.4 Å². The van der Waals surface area contributed by atoms with Gasteiger partial charge < -0.3 is 20.3 Å². The molecule has 0 spiro atoms. The number of nitrogens with one attached hydrogen (secondary N) is 2. The first-order valence-electron chi connectivity index (χ1n) is 13.0. The Balaban J connectivity index is 0.00000210. The van der Waals surface area contributed by atoms with Gasteiger partial charge in [0.15, 0.2) is 0 Å². The Morgan fingerprint density at radius 1 is 1.03 bits per heavy atom. The average molecular weight is 503 g/mol. The summed E-state index contributed by atoms with van der Waals surface area (Å²) in [6, 6.07) is 18.3. The maximum Gasteiger partial charge on any atom is 0.253 e. The molecule has 2 aromatic carbocycles. The number of aryl methyl sites for hydroxylation is 1. The Kier molecular flexibility index (Phi) is 7.12. The number of methoxy groups -OCH3 is 1. The molecule has 2 saturated heterocycles. The highest BCUT2D eigenvalue weighted by Crippen LogP contribution is 2.38. The molecule has 37 heavy (non-hydrogen) atoms. The molecule has 0 aliphatic carbocycles. The highest BCUT2D eigenvalue weighted by atomic mass is 16.5. The van der Waals surface area contributed by atoms with Gasteiger partial charge >= 0.3 is 0 Å². The van der Waals surface area contributed by atoms with E-state index in [9.17, 15) is 9.59 Å². The molecule has 2 N–H and O–H groups in total. The van der Waals surface area contributed by atoms with Gasteiger partial charge in [0.2, 0.25) is 0 Å². The molecule has 196 valence electrons. The molecule has 2 unspecified atom stereocenters. The van der Waals surface area contributed by atoms with Crippen molar-refractivity contribution < 1.29 is 17.2 Å². The minimum atomic E-state index is -0.127. The van der Waals surface area contributed by atoms with Crippen molar-refractivity contribution in [3.05, 3.63) is 88.6 Å². The zero-order valence-electron chi connectivity index (χ0n) is 21.7. The fourth-order valence-electron chi connectivity index (χ4n) is 5.79. The normalized spacial score (nSPS) is 20.4. The molecule has 3 heterocycles. The molecular weight excluding hydrogens is 464 g/mol. The summed E-state index contributed by atoms with van der Waals surface area (Å²) in [5.41, 5.74) is 4.32. The molecule has 0 saturated carbocycles. The van der Waals surface area contributed by atoms with E-state index < -0.39 is 0 Å². The van der Waals surface area contributed by atoms with Crippen LogP contribution in [0.5, 0.6) is 5.75 Å². The summed E-state index contributed by atoms with van der Waals surface area (Å²) >= 11 is 0. The van der Waals surface area contributed by atoms with Crippen LogP contribution in [0, 0.1) is 13.8 Å². The molecule has 3 aromatic rings. The highest BCUT2D eigenvalue weighted by Gasteiger charge is 2.42. The van der Waals surface area contributed by atoms with Crippen molar-refractivity contribution in [2.24, 2.45) is 0 Å². The minimum absolute atomic E-state index is 0. The highest BCUT2D eigenvalue weighted by molar-refractivity contribution is 5.96. The molecule has 2 atom stereocenters. The zero-order valence-corrected chi connectivity index (χ0v) is 21.7. The predicted octanol–water partition coefficient (Wildman–Crippen LogP) is 5.06. The van der Waals surface area contributed by atoms with Gasteiger partial charge in [-0.2, -0.15) is 0 Å². The van der Waals surface area contributed by atoms with Crippen molar-refractivity contribution in [2.45, 2.75) is 64.2 Å².